The van der Waals surface area contributed by atoms with Gasteiger partial charge in [-0.2, -0.15) is 0 Å². The Kier molecular flexibility index (Phi) is 8.82. The summed E-state index contributed by atoms with van der Waals surface area (Å²) in [6.45, 7) is 12.0. The van der Waals surface area contributed by atoms with E-state index in [-0.39, 0.29) is 5.54 Å². The molecule has 0 saturated carbocycles. The number of allylic oxidation sites excluding steroid dienone is 1. The number of aromatic hydroxyl groups is 1. The molecule has 4 nitrogen and oxygen atoms in total. The number of phenolic OH excluding ortho intramolecular Hbond substituents is 1. The number of phenols is 1. The molecule has 2 aliphatic rings. The lowest BCUT2D eigenvalue weighted by atomic mass is 9.72. The van der Waals surface area contributed by atoms with E-state index in [4.69, 9.17) is 4.74 Å². The summed E-state index contributed by atoms with van der Waals surface area (Å²) in [5.41, 5.74) is 5.65. The van der Waals surface area contributed by atoms with Gasteiger partial charge in [0.25, 0.3) is 0 Å². The van der Waals surface area contributed by atoms with Crippen LogP contribution in [0.25, 0.3) is 0 Å². The molecule has 3 atom stereocenters. The van der Waals surface area contributed by atoms with Crippen LogP contribution >= 0.6 is 0 Å². The van der Waals surface area contributed by atoms with Gasteiger partial charge in [-0.25, -0.2) is 0 Å². The van der Waals surface area contributed by atoms with Gasteiger partial charge in [-0.1, -0.05) is 43.3 Å². The number of nitrogens with zero attached hydrogens (tertiary/aromatic N) is 2. The topological polar surface area (TPSA) is 35.9 Å². The first kappa shape index (κ1) is 27.5. The first-order valence-electron chi connectivity index (χ1n) is 14.0. The Labute approximate surface area is 224 Å². The first-order chi connectivity index (χ1) is 17.7. The molecule has 2 unspecified atom stereocenters. The van der Waals surface area contributed by atoms with Crippen molar-refractivity contribution in [3.05, 3.63) is 88.7 Å². The predicted octanol–water partition coefficient (Wildman–Crippen LogP) is 6.38. The van der Waals surface area contributed by atoms with Crippen molar-refractivity contribution in [3.63, 3.8) is 0 Å². The molecular weight excluding hydrogens is 456 g/mol. The van der Waals surface area contributed by atoms with Crippen molar-refractivity contribution in [1.82, 2.24) is 9.80 Å². The molecular formula is C33H46N2O2. The van der Waals surface area contributed by atoms with E-state index >= 15 is 0 Å². The van der Waals surface area contributed by atoms with Gasteiger partial charge in [0, 0.05) is 24.7 Å². The van der Waals surface area contributed by atoms with E-state index in [0.717, 1.165) is 51.1 Å². The first-order valence-corrected chi connectivity index (χ1v) is 14.0. The molecule has 1 N–H and O–H groups in total. The zero-order valence-electron chi connectivity index (χ0n) is 23.7. The summed E-state index contributed by atoms with van der Waals surface area (Å²) in [7, 11) is 3.97. The van der Waals surface area contributed by atoms with Gasteiger partial charge in [0.15, 0.2) is 0 Å². The van der Waals surface area contributed by atoms with Gasteiger partial charge >= 0.3 is 0 Å². The van der Waals surface area contributed by atoms with Crippen LogP contribution in [-0.2, 0) is 30.5 Å². The number of hydrogen-bond acceptors (Lipinski definition) is 4. The lowest BCUT2D eigenvalue weighted by molar-refractivity contribution is 0.147. The monoisotopic (exact) mass is 502 g/mol. The molecule has 4 rings (SSSR count). The standard InChI is InChI=1S/C33H46N2O2/c1-7-35(23-25-10-8-24(9-11-25)18-19-34(5)33(2,3)4)32-22-30(37-6)16-17-31(32)28-13-12-27-21-29(36)15-14-26(27)20-28/h8-11,14-17,21-22,28,31-32,36H,7,12-13,18-20,23H2,1-6H3/t28-,31?,32?/m1/s1. The zero-order valence-corrected chi connectivity index (χ0v) is 23.7. The Hall–Kier alpha value is -2.56. The van der Waals surface area contributed by atoms with Crippen LogP contribution < -0.4 is 0 Å². The molecule has 0 aliphatic heterocycles. The molecule has 0 bridgehead atoms. The molecule has 37 heavy (non-hydrogen) atoms. The molecule has 0 fully saturated rings. The Balaban J connectivity index is 1.46. The summed E-state index contributed by atoms with van der Waals surface area (Å²) < 4.78 is 5.67. The third-order valence-corrected chi connectivity index (χ3v) is 8.57. The molecule has 4 heteroatoms. The van der Waals surface area contributed by atoms with Crippen LogP contribution in [0, 0.1) is 11.8 Å². The van der Waals surface area contributed by atoms with Crippen LogP contribution in [0.2, 0.25) is 0 Å². The Morgan fingerprint density at radius 1 is 1.03 bits per heavy atom. The Bertz CT molecular complexity index is 1100. The summed E-state index contributed by atoms with van der Waals surface area (Å²) in [4.78, 5) is 5.02. The van der Waals surface area contributed by atoms with Crippen molar-refractivity contribution in [2.24, 2.45) is 11.8 Å². The van der Waals surface area contributed by atoms with E-state index in [1.165, 1.54) is 22.3 Å². The molecule has 2 aliphatic carbocycles. The molecule has 200 valence electrons. The minimum atomic E-state index is 0.198. The SMILES string of the molecule is CCN(Cc1ccc(CCN(C)C(C)(C)C)cc1)C1C=C(OC)C=CC1[C@@H]1CCc2cc(O)ccc2C1. The van der Waals surface area contributed by atoms with Crippen LogP contribution in [0.1, 0.15) is 56.4 Å². The Morgan fingerprint density at radius 3 is 2.43 bits per heavy atom. The molecule has 2 aromatic carbocycles. The van der Waals surface area contributed by atoms with Crippen molar-refractivity contribution in [2.45, 2.75) is 71.5 Å². The summed E-state index contributed by atoms with van der Waals surface area (Å²) in [5.74, 6) is 2.35. The number of likely N-dealkylation sites (N-methyl/N-ethyl adjacent to an activating group) is 2. The van der Waals surface area contributed by atoms with E-state index in [2.05, 4.69) is 93.1 Å². The average Bonchev–Trinajstić information content (AvgIpc) is 2.89. The number of methoxy groups -OCH3 is 1. The van der Waals surface area contributed by atoms with E-state index in [1.807, 2.05) is 12.1 Å². The number of fused-ring (bicyclic) bond motifs is 1. The number of benzene rings is 2. The van der Waals surface area contributed by atoms with Crippen molar-refractivity contribution in [2.75, 3.05) is 27.2 Å². The van der Waals surface area contributed by atoms with Crippen LogP contribution in [-0.4, -0.2) is 53.7 Å². The van der Waals surface area contributed by atoms with E-state index in [0.29, 0.717) is 23.6 Å². The molecule has 0 radical (unpaired) electrons. The summed E-state index contributed by atoms with van der Waals surface area (Å²) in [6, 6.07) is 15.4. The van der Waals surface area contributed by atoms with Crippen molar-refractivity contribution in [3.8, 4) is 5.75 Å². The fourth-order valence-corrected chi connectivity index (χ4v) is 5.78. The van der Waals surface area contributed by atoms with Gasteiger partial charge in [-0.15, -0.1) is 0 Å². The highest BCUT2D eigenvalue weighted by Gasteiger charge is 2.34. The highest BCUT2D eigenvalue weighted by Crippen LogP contribution is 2.38. The summed E-state index contributed by atoms with van der Waals surface area (Å²) in [6.07, 6.45) is 11.2. The molecule has 0 saturated heterocycles. The fourth-order valence-electron chi connectivity index (χ4n) is 5.78. The third kappa shape index (κ3) is 6.86. The van der Waals surface area contributed by atoms with Gasteiger partial charge in [0.1, 0.15) is 11.5 Å². The Morgan fingerprint density at radius 2 is 1.76 bits per heavy atom. The number of aryl methyl sites for hydroxylation is 1. The molecule has 0 heterocycles. The molecule has 2 aromatic rings. The largest absolute Gasteiger partial charge is 0.508 e. The normalized spacial score (nSPS) is 21.7. The maximum Gasteiger partial charge on any atom is 0.116 e. The van der Waals surface area contributed by atoms with Crippen molar-refractivity contribution in [1.29, 1.82) is 0 Å². The van der Waals surface area contributed by atoms with Gasteiger partial charge < -0.3 is 14.7 Å². The molecule has 0 spiro atoms. The fraction of sp³-hybridized carbons (Fsp3) is 0.515. The van der Waals surface area contributed by atoms with E-state index in [9.17, 15) is 5.11 Å². The van der Waals surface area contributed by atoms with Crippen molar-refractivity contribution < 1.29 is 9.84 Å². The number of ether oxygens (including phenoxy) is 1. The average molecular weight is 503 g/mol. The minimum Gasteiger partial charge on any atom is -0.508 e. The highest BCUT2D eigenvalue weighted by molar-refractivity contribution is 5.37. The minimum absolute atomic E-state index is 0.198. The van der Waals surface area contributed by atoms with Gasteiger partial charge in [0.2, 0.25) is 0 Å². The van der Waals surface area contributed by atoms with E-state index < -0.39 is 0 Å². The second kappa shape index (κ2) is 11.9. The van der Waals surface area contributed by atoms with Crippen LogP contribution in [0.15, 0.2) is 66.5 Å². The summed E-state index contributed by atoms with van der Waals surface area (Å²) >= 11 is 0. The lowest BCUT2D eigenvalue weighted by Crippen LogP contribution is -2.43. The van der Waals surface area contributed by atoms with Crippen LogP contribution in [0.3, 0.4) is 0 Å². The third-order valence-electron chi connectivity index (χ3n) is 8.57. The second-order valence-electron chi connectivity index (χ2n) is 11.9. The highest BCUT2D eigenvalue weighted by atomic mass is 16.5. The lowest BCUT2D eigenvalue weighted by Gasteiger charge is -2.41. The quantitative estimate of drug-likeness (QED) is 0.432. The zero-order chi connectivity index (χ0) is 26.6. The second-order valence-corrected chi connectivity index (χ2v) is 11.9. The molecule has 0 aromatic heterocycles. The number of rotatable bonds is 9. The van der Waals surface area contributed by atoms with E-state index in [1.54, 1.807) is 7.11 Å². The van der Waals surface area contributed by atoms with Gasteiger partial charge in [-0.3, -0.25) is 4.90 Å². The maximum absolute atomic E-state index is 9.91. The maximum atomic E-state index is 9.91. The number of hydrogen-bond donors (Lipinski definition) is 1. The van der Waals surface area contributed by atoms with Gasteiger partial charge in [-0.05, 0) is 118 Å². The summed E-state index contributed by atoms with van der Waals surface area (Å²) in [5, 5.41) is 9.91. The van der Waals surface area contributed by atoms with Crippen LogP contribution in [0.5, 0.6) is 5.75 Å². The smallest absolute Gasteiger partial charge is 0.116 e. The predicted molar refractivity (Wildman–Crippen MR) is 154 cm³/mol. The molecule has 0 amide bonds. The van der Waals surface area contributed by atoms with Crippen molar-refractivity contribution >= 4 is 0 Å². The van der Waals surface area contributed by atoms with Gasteiger partial charge in [0.05, 0.1) is 7.11 Å². The van der Waals surface area contributed by atoms with Crippen LogP contribution in [0.4, 0.5) is 0 Å².